The number of nitrogens with zero attached hydrogens (tertiary/aromatic N) is 2. The summed E-state index contributed by atoms with van der Waals surface area (Å²) in [7, 11) is 0. The molecule has 1 aliphatic rings. The molecule has 1 heterocycles. The second-order valence-corrected chi connectivity index (χ2v) is 6.76. The zero-order valence-corrected chi connectivity index (χ0v) is 13.8. The Morgan fingerprint density at radius 2 is 1.90 bits per heavy atom. The van der Waals surface area contributed by atoms with Gasteiger partial charge in [-0.1, -0.05) is 52.8 Å². The molecule has 4 nitrogen and oxygen atoms in total. The van der Waals surface area contributed by atoms with Crippen molar-refractivity contribution in [3.05, 3.63) is 34.1 Å². The molecule has 0 radical (unpaired) electrons. The van der Waals surface area contributed by atoms with E-state index in [2.05, 4.69) is 26.1 Å². The molecule has 5 heteroatoms. The van der Waals surface area contributed by atoms with Gasteiger partial charge in [0.25, 0.3) is 5.89 Å². The highest BCUT2D eigenvalue weighted by Crippen LogP contribution is 2.34. The van der Waals surface area contributed by atoms with Crippen molar-refractivity contribution >= 4 is 15.9 Å². The van der Waals surface area contributed by atoms with Crippen molar-refractivity contribution in [2.45, 2.75) is 51.0 Å². The second-order valence-electron chi connectivity index (χ2n) is 5.91. The van der Waals surface area contributed by atoms with Crippen LogP contribution in [0.5, 0.6) is 0 Å². The number of benzene rings is 1. The van der Waals surface area contributed by atoms with E-state index in [4.69, 9.17) is 10.3 Å². The summed E-state index contributed by atoms with van der Waals surface area (Å²) in [5.74, 6) is 1.21. The number of rotatable bonds is 2. The van der Waals surface area contributed by atoms with E-state index in [-0.39, 0.29) is 0 Å². The van der Waals surface area contributed by atoms with Gasteiger partial charge in [-0.25, -0.2) is 0 Å². The molecule has 0 atom stereocenters. The highest BCUT2D eigenvalue weighted by atomic mass is 79.9. The smallest absolute Gasteiger partial charge is 0.258 e. The van der Waals surface area contributed by atoms with Gasteiger partial charge < -0.3 is 10.3 Å². The average molecular weight is 350 g/mol. The predicted molar refractivity (Wildman–Crippen MR) is 85.7 cm³/mol. The highest BCUT2D eigenvalue weighted by molar-refractivity contribution is 9.10. The van der Waals surface area contributed by atoms with Crippen LogP contribution in [-0.2, 0) is 5.54 Å². The molecule has 1 saturated carbocycles. The lowest BCUT2D eigenvalue weighted by Crippen LogP contribution is -2.37. The van der Waals surface area contributed by atoms with Gasteiger partial charge in [-0.15, -0.1) is 0 Å². The van der Waals surface area contributed by atoms with E-state index in [0.29, 0.717) is 11.7 Å². The Balaban J connectivity index is 1.94. The van der Waals surface area contributed by atoms with Crippen LogP contribution in [0.25, 0.3) is 11.5 Å². The largest absolute Gasteiger partial charge is 0.334 e. The molecule has 3 rings (SSSR count). The van der Waals surface area contributed by atoms with Gasteiger partial charge in [0.2, 0.25) is 0 Å². The molecular formula is C16H20BrN3O. The van der Waals surface area contributed by atoms with E-state index in [9.17, 15) is 0 Å². The van der Waals surface area contributed by atoms with Gasteiger partial charge in [0.05, 0.1) is 5.54 Å². The van der Waals surface area contributed by atoms with Crippen molar-refractivity contribution in [1.29, 1.82) is 0 Å². The molecular weight excluding hydrogens is 330 g/mol. The summed E-state index contributed by atoms with van der Waals surface area (Å²) in [5, 5.41) is 4.17. The van der Waals surface area contributed by atoms with E-state index >= 15 is 0 Å². The molecule has 1 aromatic heterocycles. The standard InChI is InChI=1S/C16H20BrN3O/c1-11-12(7-6-8-13(11)17)14-19-15(20-21-14)16(18)9-4-2-3-5-10-16/h6-8H,2-5,9-10,18H2,1H3. The highest BCUT2D eigenvalue weighted by Gasteiger charge is 2.33. The van der Waals surface area contributed by atoms with Gasteiger partial charge in [0.15, 0.2) is 5.82 Å². The molecule has 1 aliphatic carbocycles. The topological polar surface area (TPSA) is 64.9 Å². The third-order valence-electron chi connectivity index (χ3n) is 4.37. The van der Waals surface area contributed by atoms with Crippen LogP contribution in [0, 0.1) is 6.92 Å². The molecule has 1 aromatic carbocycles. The maximum absolute atomic E-state index is 6.55. The van der Waals surface area contributed by atoms with Gasteiger partial charge in [-0.05, 0) is 37.5 Å². The molecule has 0 aliphatic heterocycles. The first-order valence-corrected chi connectivity index (χ1v) is 8.28. The van der Waals surface area contributed by atoms with Crippen molar-refractivity contribution in [2.24, 2.45) is 5.73 Å². The summed E-state index contributed by atoms with van der Waals surface area (Å²) < 4.78 is 6.52. The van der Waals surface area contributed by atoms with Crippen LogP contribution in [0.15, 0.2) is 27.2 Å². The number of hydrogen-bond acceptors (Lipinski definition) is 4. The fourth-order valence-corrected chi connectivity index (χ4v) is 3.32. The number of nitrogens with two attached hydrogens (primary N) is 1. The Hall–Kier alpha value is -1.20. The summed E-state index contributed by atoms with van der Waals surface area (Å²) in [4.78, 5) is 4.60. The molecule has 21 heavy (non-hydrogen) atoms. The molecule has 2 aromatic rings. The molecule has 0 saturated heterocycles. The molecule has 1 fully saturated rings. The van der Waals surface area contributed by atoms with E-state index < -0.39 is 5.54 Å². The van der Waals surface area contributed by atoms with Crippen LogP contribution < -0.4 is 5.73 Å². The summed E-state index contributed by atoms with van der Waals surface area (Å²) in [6, 6.07) is 5.97. The van der Waals surface area contributed by atoms with Crippen molar-refractivity contribution < 1.29 is 4.52 Å². The molecule has 0 bridgehead atoms. The molecule has 0 spiro atoms. The van der Waals surface area contributed by atoms with E-state index in [0.717, 1.165) is 41.3 Å². The first-order chi connectivity index (χ1) is 10.1. The van der Waals surface area contributed by atoms with Gasteiger partial charge in [0, 0.05) is 10.0 Å². The van der Waals surface area contributed by atoms with Crippen molar-refractivity contribution in [3.8, 4) is 11.5 Å². The number of halogens is 1. The third kappa shape index (κ3) is 2.90. The van der Waals surface area contributed by atoms with E-state index in [1.807, 2.05) is 25.1 Å². The van der Waals surface area contributed by atoms with Crippen molar-refractivity contribution in [2.75, 3.05) is 0 Å². The fourth-order valence-electron chi connectivity index (χ4n) is 2.96. The van der Waals surface area contributed by atoms with Gasteiger partial charge >= 0.3 is 0 Å². The Bertz CT molecular complexity index is 630. The zero-order valence-electron chi connectivity index (χ0n) is 12.2. The average Bonchev–Trinajstić information content (AvgIpc) is 2.86. The SMILES string of the molecule is Cc1c(Br)cccc1-c1nc(C2(N)CCCCCC2)no1. The number of aromatic nitrogens is 2. The minimum absolute atomic E-state index is 0.432. The summed E-state index contributed by atoms with van der Waals surface area (Å²) in [5.41, 5.74) is 8.17. The summed E-state index contributed by atoms with van der Waals surface area (Å²) >= 11 is 3.53. The maximum Gasteiger partial charge on any atom is 0.258 e. The van der Waals surface area contributed by atoms with Crippen molar-refractivity contribution in [3.63, 3.8) is 0 Å². The Kier molecular flexibility index (Phi) is 4.13. The normalized spacial score (nSPS) is 18.4. The van der Waals surface area contributed by atoms with Crippen LogP contribution in [0.3, 0.4) is 0 Å². The van der Waals surface area contributed by atoms with Gasteiger partial charge in [-0.2, -0.15) is 4.98 Å². The second kappa shape index (κ2) is 5.89. The molecule has 0 amide bonds. The quantitative estimate of drug-likeness (QED) is 0.820. The minimum atomic E-state index is -0.432. The van der Waals surface area contributed by atoms with Crippen LogP contribution in [0.2, 0.25) is 0 Å². The first kappa shape index (κ1) is 14.7. The lowest BCUT2D eigenvalue weighted by molar-refractivity contribution is 0.334. The monoisotopic (exact) mass is 349 g/mol. The molecule has 2 N–H and O–H groups in total. The Morgan fingerprint density at radius 3 is 2.62 bits per heavy atom. The predicted octanol–water partition coefficient (Wildman–Crippen LogP) is 4.32. The van der Waals surface area contributed by atoms with E-state index in [1.165, 1.54) is 12.8 Å². The molecule has 0 unspecified atom stereocenters. The maximum atomic E-state index is 6.55. The van der Waals surface area contributed by atoms with Crippen LogP contribution >= 0.6 is 15.9 Å². The van der Waals surface area contributed by atoms with Crippen LogP contribution in [0.4, 0.5) is 0 Å². The lowest BCUT2D eigenvalue weighted by atomic mass is 9.91. The summed E-state index contributed by atoms with van der Waals surface area (Å²) in [6.07, 6.45) is 6.63. The number of hydrogen-bond donors (Lipinski definition) is 1. The summed E-state index contributed by atoms with van der Waals surface area (Å²) in [6.45, 7) is 2.03. The Morgan fingerprint density at radius 1 is 1.19 bits per heavy atom. The first-order valence-electron chi connectivity index (χ1n) is 7.49. The van der Waals surface area contributed by atoms with Crippen molar-refractivity contribution in [1.82, 2.24) is 10.1 Å². The van der Waals surface area contributed by atoms with Gasteiger partial charge in [0.1, 0.15) is 0 Å². The third-order valence-corrected chi connectivity index (χ3v) is 5.22. The van der Waals surface area contributed by atoms with Gasteiger partial charge in [-0.3, -0.25) is 0 Å². The van der Waals surface area contributed by atoms with Crippen LogP contribution in [0.1, 0.15) is 49.9 Å². The zero-order chi connectivity index (χ0) is 14.9. The fraction of sp³-hybridized carbons (Fsp3) is 0.500. The Labute approximate surface area is 133 Å². The van der Waals surface area contributed by atoms with Crippen LogP contribution in [-0.4, -0.2) is 10.1 Å². The van der Waals surface area contributed by atoms with E-state index in [1.54, 1.807) is 0 Å². The lowest BCUT2D eigenvalue weighted by Gasteiger charge is -2.23. The molecule has 112 valence electrons. The minimum Gasteiger partial charge on any atom is -0.334 e.